The molecule has 2 aromatic carbocycles. The zero-order chi connectivity index (χ0) is 20.1. The van der Waals surface area contributed by atoms with Crippen LogP contribution in [-0.2, 0) is 4.79 Å². The van der Waals surface area contributed by atoms with Gasteiger partial charge in [-0.25, -0.2) is 0 Å². The second-order valence-corrected chi connectivity index (χ2v) is 7.19. The van der Waals surface area contributed by atoms with Crippen LogP contribution in [0.3, 0.4) is 0 Å². The molecule has 1 saturated heterocycles. The molecule has 0 radical (unpaired) electrons. The lowest BCUT2D eigenvalue weighted by molar-refractivity contribution is -0.900. The molecule has 8 nitrogen and oxygen atoms in total. The molecule has 4 N–H and O–H groups in total. The number of aromatic nitrogens is 2. The van der Waals surface area contributed by atoms with Gasteiger partial charge in [0.2, 0.25) is 5.91 Å². The Balaban J connectivity index is 1.19. The van der Waals surface area contributed by atoms with Crippen LogP contribution in [0.2, 0.25) is 0 Å². The van der Waals surface area contributed by atoms with Crippen molar-refractivity contribution in [3.8, 4) is 0 Å². The predicted molar refractivity (Wildman–Crippen MR) is 111 cm³/mol. The van der Waals surface area contributed by atoms with E-state index in [1.54, 1.807) is 0 Å². The minimum absolute atomic E-state index is 0.198. The van der Waals surface area contributed by atoms with Crippen LogP contribution in [0.1, 0.15) is 16.9 Å². The van der Waals surface area contributed by atoms with Gasteiger partial charge in [0.05, 0.1) is 44.7 Å². The van der Waals surface area contributed by atoms with E-state index in [0.29, 0.717) is 6.42 Å². The third kappa shape index (κ3) is 4.55. The number of benzene rings is 2. The molecule has 2 heterocycles. The molecule has 0 unspecified atom stereocenters. The Bertz CT molecular complexity index is 979. The zero-order valence-corrected chi connectivity index (χ0v) is 16.1. The third-order valence-electron chi connectivity index (χ3n) is 5.30. The summed E-state index contributed by atoms with van der Waals surface area (Å²) >= 11 is 0. The molecule has 8 heteroatoms. The highest BCUT2D eigenvalue weighted by atomic mass is 16.2. The Labute approximate surface area is 168 Å². The summed E-state index contributed by atoms with van der Waals surface area (Å²) < 4.78 is 0. The van der Waals surface area contributed by atoms with E-state index < -0.39 is 5.91 Å². The average molecular weight is 393 g/mol. The first-order valence-corrected chi connectivity index (χ1v) is 9.86. The maximum atomic E-state index is 12.3. The van der Waals surface area contributed by atoms with Crippen molar-refractivity contribution in [1.29, 1.82) is 0 Å². The molecule has 4 rings (SSSR count). The number of hydrogen-bond acceptors (Lipinski definition) is 4. The molecule has 0 aliphatic carbocycles. The second-order valence-electron chi connectivity index (χ2n) is 7.19. The summed E-state index contributed by atoms with van der Waals surface area (Å²) in [6.07, 6.45) is 0.363. The van der Waals surface area contributed by atoms with E-state index in [1.165, 1.54) is 10.6 Å². The molecule has 1 fully saturated rings. The summed E-state index contributed by atoms with van der Waals surface area (Å²) in [6, 6.07) is 17.8. The summed E-state index contributed by atoms with van der Waals surface area (Å²) in [5.74, 6) is -0.629. The molecule has 0 bridgehead atoms. The Morgan fingerprint density at radius 1 is 1.00 bits per heavy atom. The first kappa shape index (κ1) is 18.9. The Kier molecular flexibility index (Phi) is 5.71. The number of carbonyl (C=O) groups is 2. The number of amides is 2. The highest BCUT2D eigenvalue weighted by Crippen LogP contribution is 2.14. The molecule has 2 amide bonds. The Hall–Kier alpha value is -3.39. The molecule has 0 spiro atoms. The molecule has 1 aliphatic rings. The standard InChI is InChI=1S/C21H24N6O2/c28-19(23-25-21(29)20-17-8-4-5-9-18(17)22-24-20)10-11-26-12-14-27(15-13-26)16-6-2-1-3-7-16/h1-9H,10-15H2,(H,22,24)(H,23,28)(H,25,29)/p+1. The van der Waals surface area contributed by atoms with E-state index in [1.807, 2.05) is 30.3 Å². The van der Waals surface area contributed by atoms with E-state index in [2.05, 4.69) is 50.2 Å². The number of anilines is 1. The first-order chi connectivity index (χ1) is 14.2. The summed E-state index contributed by atoms with van der Waals surface area (Å²) in [5, 5.41) is 7.56. The highest BCUT2D eigenvalue weighted by molar-refractivity contribution is 6.05. The van der Waals surface area contributed by atoms with Gasteiger partial charge < -0.3 is 9.80 Å². The number of carbonyl (C=O) groups excluding carboxylic acids is 2. The van der Waals surface area contributed by atoms with Crippen LogP contribution >= 0.6 is 0 Å². The van der Waals surface area contributed by atoms with Crippen LogP contribution in [0, 0.1) is 0 Å². The number of hydrogen-bond donors (Lipinski definition) is 4. The Morgan fingerprint density at radius 2 is 1.72 bits per heavy atom. The van der Waals surface area contributed by atoms with Crippen LogP contribution in [0.5, 0.6) is 0 Å². The fourth-order valence-corrected chi connectivity index (χ4v) is 3.64. The lowest BCUT2D eigenvalue weighted by atomic mass is 10.2. The number of hydrazine groups is 1. The summed E-state index contributed by atoms with van der Waals surface area (Å²) in [5.41, 5.74) is 7.24. The molecule has 0 saturated carbocycles. The quantitative estimate of drug-likeness (QED) is 0.463. The second kappa shape index (κ2) is 8.74. The number of rotatable bonds is 5. The molecule has 0 atom stereocenters. The van der Waals surface area contributed by atoms with Crippen molar-refractivity contribution < 1.29 is 14.5 Å². The van der Waals surface area contributed by atoms with Crippen LogP contribution in [0.25, 0.3) is 10.9 Å². The van der Waals surface area contributed by atoms with Gasteiger partial charge in [-0.3, -0.25) is 25.5 Å². The SMILES string of the molecule is O=C(CC[NH+]1CCN(c2ccccc2)CC1)NNC(=O)c1n[nH]c2ccccc12. The predicted octanol–water partition coefficient (Wildman–Crippen LogP) is 0.119. The fourth-order valence-electron chi connectivity index (χ4n) is 3.64. The molecule has 1 aliphatic heterocycles. The summed E-state index contributed by atoms with van der Waals surface area (Å²) in [4.78, 5) is 28.2. The smallest absolute Gasteiger partial charge is 0.290 e. The van der Waals surface area contributed by atoms with Crippen LogP contribution in [-0.4, -0.2) is 54.7 Å². The van der Waals surface area contributed by atoms with Gasteiger partial charge in [0.15, 0.2) is 5.69 Å². The normalized spacial score (nSPS) is 14.7. The van der Waals surface area contributed by atoms with Crippen molar-refractivity contribution in [2.75, 3.05) is 37.6 Å². The van der Waals surface area contributed by atoms with Gasteiger partial charge in [-0.2, -0.15) is 5.10 Å². The van der Waals surface area contributed by atoms with E-state index in [-0.39, 0.29) is 11.6 Å². The van der Waals surface area contributed by atoms with Gasteiger partial charge >= 0.3 is 0 Å². The van der Waals surface area contributed by atoms with Crippen LogP contribution < -0.4 is 20.7 Å². The number of fused-ring (bicyclic) bond motifs is 1. The zero-order valence-electron chi connectivity index (χ0n) is 16.1. The van der Waals surface area contributed by atoms with Gasteiger partial charge in [0.25, 0.3) is 5.91 Å². The topological polar surface area (TPSA) is 94.6 Å². The van der Waals surface area contributed by atoms with Gasteiger partial charge in [-0.1, -0.05) is 36.4 Å². The fraction of sp³-hybridized carbons (Fsp3) is 0.286. The van der Waals surface area contributed by atoms with Crippen molar-refractivity contribution in [3.63, 3.8) is 0 Å². The number of nitrogens with zero attached hydrogens (tertiary/aromatic N) is 2. The molecular weight excluding hydrogens is 368 g/mol. The van der Waals surface area contributed by atoms with Crippen LogP contribution in [0.15, 0.2) is 54.6 Å². The lowest BCUT2D eigenvalue weighted by Gasteiger charge is -2.33. The number of nitrogens with one attached hydrogen (secondary N) is 4. The number of piperazine rings is 1. The van der Waals surface area contributed by atoms with Gasteiger partial charge in [-0.15, -0.1) is 0 Å². The minimum atomic E-state index is -0.431. The number of H-pyrrole nitrogens is 1. The largest absolute Gasteiger partial charge is 0.360 e. The maximum absolute atomic E-state index is 12.3. The van der Waals surface area contributed by atoms with E-state index in [4.69, 9.17) is 0 Å². The van der Waals surface area contributed by atoms with Crippen molar-refractivity contribution in [1.82, 2.24) is 21.0 Å². The molecule has 29 heavy (non-hydrogen) atoms. The van der Waals surface area contributed by atoms with Crippen molar-refractivity contribution >= 4 is 28.4 Å². The van der Waals surface area contributed by atoms with Crippen molar-refractivity contribution in [2.24, 2.45) is 0 Å². The molecular formula is C21H25N6O2+. The minimum Gasteiger partial charge on any atom is -0.360 e. The number of para-hydroxylation sites is 2. The van der Waals surface area contributed by atoms with E-state index in [9.17, 15) is 9.59 Å². The monoisotopic (exact) mass is 393 g/mol. The van der Waals surface area contributed by atoms with Crippen molar-refractivity contribution in [3.05, 3.63) is 60.3 Å². The summed E-state index contributed by atoms with van der Waals surface area (Å²) in [6.45, 7) is 4.69. The average Bonchev–Trinajstić information content (AvgIpc) is 3.21. The molecule has 3 aromatic rings. The Morgan fingerprint density at radius 3 is 2.52 bits per heavy atom. The molecule has 1 aromatic heterocycles. The maximum Gasteiger partial charge on any atom is 0.290 e. The van der Waals surface area contributed by atoms with E-state index >= 15 is 0 Å². The summed E-state index contributed by atoms with van der Waals surface area (Å²) in [7, 11) is 0. The van der Waals surface area contributed by atoms with Crippen molar-refractivity contribution in [2.45, 2.75) is 6.42 Å². The van der Waals surface area contributed by atoms with Gasteiger partial charge in [-0.05, 0) is 18.2 Å². The number of aromatic amines is 1. The van der Waals surface area contributed by atoms with Gasteiger partial charge in [0, 0.05) is 11.1 Å². The first-order valence-electron chi connectivity index (χ1n) is 9.86. The van der Waals surface area contributed by atoms with E-state index in [0.717, 1.165) is 43.6 Å². The third-order valence-corrected chi connectivity index (χ3v) is 5.30. The molecule has 150 valence electrons. The van der Waals surface area contributed by atoms with Crippen LogP contribution in [0.4, 0.5) is 5.69 Å². The van der Waals surface area contributed by atoms with Gasteiger partial charge in [0.1, 0.15) is 0 Å². The number of quaternary nitrogens is 1. The lowest BCUT2D eigenvalue weighted by Crippen LogP contribution is -3.15. The highest BCUT2D eigenvalue weighted by Gasteiger charge is 2.21.